The van der Waals surface area contributed by atoms with Crippen LogP contribution >= 0.6 is 0 Å². The predicted molar refractivity (Wildman–Crippen MR) is 148 cm³/mol. The first kappa shape index (κ1) is 26.3. The van der Waals surface area contributed by atoms with E-state index in [0.29, 0.717) is 36.4 Å². The maximum atomic E-state index is 15.1. The lowest BCUT2D eigenvalue weighted by atomic mass is 10.1. The van der Waals surface area contributed by atoms with Crippen molar-refractivity contribution in [3.8, 4) is 11.1 Å². The van der Waals surface area contributed by atoms with Crippen LogP contribution in [0.25, 0.3) is 22.2 Å². The van der Waals surface area contributed by atoms with Crippen LogP contribution < -0.4 is 15.5 Å². The number of carbonyl (C=O) groups excluding carboxylic acids is 1. The Labute approximate surface area is 224 Å². The van der Waals surface area contributed by atoms with Crippen LogP contribution in [0, 0.1) is 11.6 Å². The minimum absolute atomic E-state index is 0.0550. The smallest absolute Gasteiger partial charge is 0.247 e. The summed E-state index contributed by atoms with van der Waals surface area (Å²) in [4.78, 5) is 27.7. The monoisotopic (exact) mass is 533 g/mol. The van der Waals surface area contributed by atoms with Crippen LogP contribution in [0.3, 0.4) is 0 Å². The molecular formula is C28H29F2N7O2. The van der Waals surface area contributed by atoms with E-state index in [9.17, 15) is 4.79 Å². The van der Waals surface area contributed by atoms with E-state index in [2.05, 4.69) is 37.1 Å². The summed E-state index contributed by atoms with van der Waals surface area (Å²) in [6.45, 7) is 7.62. The van der Waals surface area contributed by atoms with Gasteiger partial charge < -0.3 is 25.3 Å². The van der Waals surface area contributed by atoms with Crippen molar-refractivity contribution in [2.75, 3.05) is 62.0 Å². The molecule has 0 atom stereocenters. The highest BCUT2D eigenvalue weighted by Crippen LogP contribution is 2.32. The summed E-state index contributed by atoms with van der Waals surface area (Å²) in [5.74, 6) is -2.09. The average Bonchev–Trinajstić information content (AvgIpc) is 3.38. The number of ether oxygens (including phenoxy) is 1. The molecular weight excluding hydrogens is 504 g/mol. The Morgan fingerprint density at radius 2 is 2.00 bits per heavy atom. The third kappa shape index (κ3) is 5.74. The van der Waals surface area contributed by atoms with Gasteiger partial charge in [0.15, 0.2) is 11.6 Å². The lowest BCUT2D eigenvalue weighted by Gasteiger charge is -2.36. The molecule has 5 rings (SSSR count). The topological polar surface area (TPSA) is 98.4 Å². The molecule has 1 saturated heterocycles. The SMILES string of the molecule is C=CC(=O)Nc1cccc(-c2c[nH]c3cnc(Nc4ccc(N5CCN(CCOC)CC5)c(F)c4F)nc23)c1. The van der Waals surface area contributed by atoms with Gasteiger partial charge in [0.05, 0.1) is 29.7 Å². The summed E-state index contributed by atoms with van der Waals surface area (Å²) in [5.41, 5.74) is 3.60. The van der Waals surface area contributed by atoms with Crippen LogP contribution in [0.15, 0.2) is 61.4 Å². The molecule has 9 nitrogen and oxygen atoms in total. The van der Waals surface area contributed by atoms with Crippen molar-refractivity contribution in [2.45, 2.75) is 0 Å². The van der Waals surface area contributed by atoms with Crippen LogP contribution in [0.4, 0.5) is 31.8 Å². The number of amides is 1. The lowest BCUT2D eigenvalue weighted by Crippen LogP contribution is -2.47. The highest BCUT2D eigenvalue weighted by molar-refractivity contribution is 6.00. The molecule has 39 heavy (non-hydrogen) atoms. The Kier molecular flexibility index (Phi) is 7.80. The Balaban J connectivity index is 1.35. The zero-order valence-corrected chi connectivity index (χ0v) is 21.5. The molecule has 0 radical (unpaired) electrons. The fraction of sp³-hybridized carbons (Fsp3) is 0.250. The van der Waals surface area contributed by atoms with Crippen LogP contribution in [-0.4, -0.2) is 72.2 Å². The molecule has 1 aliphatic rings. The number of nitrogens with zero attached hydrogens (tertiary/aromatic N) is 4. The second kappa shape index (κ2) is 11.6. The number of rotatable bonds is 9. The fourth-order valence-corrected chi connectivity index (χ4v) is 4.58. The predicted octanol–water partition coefficient (Wildman–Crippen LogP) is 4.54. The Bertz CT molecular complexity index is 1500. The van der Waals surface area contributed by atoms with Gasteiger partial charge in [0.2, 0.25) is 11.9 Å². The highest BCUT2D eigenvalue weighted by Gasteiger charge is 2.23. The van der Waals surface area contributed by atoms with Gasteiger partial charge in [0.1, 0.15) is 5.52 Å². The quantitative estimate of drug-likeness (QED) is 0.272. The first-order chi connectivity index (χ1) is 19.0. The van der Waals surface area contributed by atoms with Gasteiger partial charge >= 0.3 is 0 Å². The largest absolute Gasteiger partial charge is 0.383 e. The molecule has 0 spiro atoms. The van der Waals surface area contributed by atoms with Crippen molar-refractivity contribution in [3.05, 3.63) is 73.1 Å². The number of piperazine rings is 1. The molecule has 2 aromatic carbocycles. The van der Waals surface area contributed by atoms with Gasteiger partial charge in [-0.2, -0.15) is 0 Å². The summed E-state index contributed by atoms with van der Waals surface area (Å²) in [5, 5.41) is 5.55. The van der Waals surface area contributed by atoms with Crippen molar-refractivity contribution >= 4 is 40.0 Å². The zero-order valence-electron chi connectivity index (χ0n) is 21.5. The maximum Gasteiger partial charge on any atom is 0.247 e. The molecule has 0 aliphatic carbocycles. The summed E-state index contributed by atoms with van der Waals surface area (Å²) in [7, 11) is 1.66. The number of nitrogens with one attached hydrogen (secondary N) is 3. The molecule has 2 aromatic heterocycles. The van der Waals surface area contributed by atoms with Gasteiger partial charge in [-0.25, -0.2) is 18.7 Å². The van der Waals surface area contributed by atoms with Crippen LogP contribution in [0.1, 0.15) is 0 Å². The summed E-state index contributed by atoms with van der Waals surface area (Å²) in [6, 6.07) is 10.4. The third-order valence-electron chi connectivity index (χ3n) is 6.68. The minimum atomic E-state index is -0.988. The number of halogens is 2. The molecule has 3 heterocycles. The van der Waals surface area contributed by atoms with Crippen molar-refractivity contribution < 1.29 is 18.3 Å². The number of methoxy groups -OCH3 is 1. The number of fused-ring (bicyclic) bond motifs is 1. The standard InChI is InChI=1S/C28H29F2N7O2/c1-3-24(38)33-19-6-4-5-18(15-19)20-16-31-22-17-32-28(35-27(20)22)34-21-7-8-23(26(30)25(21)29)37-11-9-36(10-12-37)13-14-39-2/h3-8,15-17,31H,1,9-14H2,2H3,(H,33,38)(H,32,34,35). The van der Waals surface area contributed by atoms with Gasteiger partial charge in [-0.05, 0) is 35.9 Å². The molecule has 1 amide bonds. The molecule has 202 valence electrons. The summed E-state index contributed by atoms with van der Waals surface area (Å²) in [6.07, 6.45) is 4.55. The average molecular weight is 534 g/mol. The lowest BCUT2D eigenvalue weighted by molar-refractivity contribution is -0.111. The van der Waals surface area contributed by atoms with E-state index in [1.165, 1.54) is 12.1 Å². The van der Waals surface area contributed by atoms with Crippen molar-refractivity contribution in [3.63, 3.8) is 0 Å². The second-order valence-electron chi connectivity index (χ2n) is 9.14. The van der Waals surface area contributed by atoms with Crippen LogP contribution in [0.5, 0.6) is 0 Å². The van der Waals surface area contributed by atoms with E-state index in [4.69, 9.17) is 4.74 Å². The Hall–Kier alpha value is -4.35. The second-order valence-corrected chi connectivity index (χ2v) is 9.14. The molecule has 0 bridgehead atoms. The van der Waals surface area contributed by atoms with Gasteiger partial charge in [-0.1, -0.05) is 18.7 Å². The van der Waals surface area contributed by atoms with E-state index in [1.54, 1.807) is 31.6 Å². The number of aromatic nitrogens is 3. The van der Waals surface area contributed by atoms with Crippen molar-refractivity contribution in [1.82, 2.24) is 19.9 Å². The Morgan fingerprint density at radius 3 is 2.77 bits per heavy atom. The van der Waals surface area contributed by atoms with E-state index >= 15 is 8.78 Å². The van der Waals surface area contributed by atoms with Crippen LogP contribution in [0.2, 0.25) is 0 Å². The number of H-pyrrole nitrogens is 1. The zero-order chi connectivity index (χ0) is 27.4. The summed E-state index contributed by atoms with van der Waals surface area (Å²) < 4.78 is 35.4. The van der Waals surface area contributed by atoms with Gasteiger partial charge in [0, 0.05) is 57.3 Å². The Morgan fingerprint density at radius 1 is 1.18 bits per heavy atom. The summed E-state index contributed by atoms with van der Waals surface area (Å²) >= 11 is 0. The molecule has 1 aliphatic heterocycles. The number of carbonyl (C=O) groups is 1. The number of hydrogen-bond donors (Lipinski definition) is 3. The van der Waals surface area contributed by atoms with E-state index in [0.717, 1.165) is 30.8 Å². The van der Waals surface area contributed by atoms with E-state index in [1.807, 2.05) is 23.1 Å². The van der Waals surface area contributed by atoms with Crippen molar-refractivity contribution in [1.29, 1.82) is 0 Å². The molecule has 11 heteroatoms. The molecule has 4 aromatic rings. The highest BCUT2D eigenvalue weighted by atomic mass is 19.2. The van der Waals surface area contributed by atoms with Crippen molar-refractivity contribution in [2.24, 2.45) is 0 Å². The number of anilines is 4. The maximum absolute atomic E-state index is 15.1. The van der Waals surface area contributed by atoms with Crippen LogP contribution in [-0.2, 0) is 9.53 Å². The molecule has 1 fully saturated rings. The number of aromatic amines is 1. The number of hydrogen-bond acceptors (Lipinski definition) is 7. The number of benzene rings is 2. The normalized spacial score (nSPS) is 14.0. The van der Waals surface area contributed by atoms with Gasteiger partial charge in [-0.15, -0.1) is 0 Å². The van der Waals surface area contributed by atoms with Gasteiger partial charge in [0.25, 0.3) is 0 Å². The van der Waals surface area contributed by atoms with Gasteiger partial charge in [-0.3, -0.25) is 9.69 Å². The van der Waals surface area contributed by atoms with E-state index < -0.39 is 11.6 Å². The first-order valence-electron chi connectivity index (χ1n) is 12.6. The third-order valence-corrected chi connectivity index (χ3v) is 6.68. The molecule has 3 N–H and O–H groups in total. The fourth-order valence-electron chi connectivity index (χ4n) is 4.58. The van der Waals surface area contributed by atoms with E-state index in [-0.39, 0.29) is 23.2 Å². The minimum Gasteiger partial charge on any atom is -0.383 e. The molecule has 0 saturated carbocycles. The first-order valence-corrected chi connectivity index (χ1v) is 12.6. The molecule has 0 unspecified atom stereocenters.